The van der Waals surface area contributed by atoms with Gasteiger partial charge in [-0.1, -0.05) is 37.3 Å². The summed E-state index contributed by atoms with van der Waals surface area (Å²) in [5.74, 6) is -0.370. The Hall–Kier alpha value is -2.43. The topological polar surface area (TPSA) is 75.1 Å². The lowest BCUT2D eigenvalue weighted by Gasteiger charge is -2.13. The monoisotopic (exact) mass is 257 g/mol. The standard InChI is InChI=1S/C14H15N3O2/c1-2-11(14(18)19)17-13-8-12(15-9-16-13)10-6-4-3-5-7-10/h3-9,11H,2H2,1H3,(H,18,19)(H,15,16,17). The van der Waals surface area contributed by atoms with Crippen LogP contribution in [0.25, 0.3) is 11.3 Å². The first kappa shape index (κ1) is 13.0. The summed E-state index contributed by atoms with van der Waals surface area (Å²) >= 11 is 0. The zero-order valence-corrected chi connectivity index (χ0v) is 10.6. The number of aromatic nitrogens is 2. The smallest absolute Gasteiger partial charge is 0.326 e. The number of carboxylic acids is 1. The summed E-state index contributed by atoms with van der Waals surface area (Å²) in [7, 11) is 0. The van der Waals surface area contributed by atoms with Gasteiger partial charge in [0.2, 0.25) is 0 Å². The molecule has 0 saturated carbocycles. The summed E-state index contributed by atoms with van der Waals surface area (Å²) in [4.78, 5) is 19.2. The van der Waals surface area contributed by atoms with Gasteiger partial charge >= 0.3 is 5.97 Å². The fraction of sp³-hybridized carbons (Fsp3) is 0.214. The first-order chi connectivity index (χ1) is 9.20. The number of anilines is 1. The Morgan fingerprint density at radius 1 is 1.32 bits per heavy atom. The van der Waals surface area contributed by atoms with E-state index in [1.54, 1.807) is 6.07 Å². The number of hydrogen-bond donors (Lipinski definition) is 2. The third kappa shape index (κ3) is 3.28. The maximum absolute atomic E-state index is 11.0. The molecular formula is C14H15N3O2. The van der Waals surface area contributed by atoms with Gasteiger partial charge in [-0.3, -0.25) is 0 Å². The highest BCUT2D eigenvalue weighted by Gasteiger charge is 2.15. The molecule has 5 heteroatoms. The van der Waals surface area contributed by atoms with E-state index in [0.717, 1.165) is 11.3 Å². The summed E-state index contributed by atoms with van der Waals surface area (Å²) in [5.41, 5.74) is 1.73. The van der Waals surface area contributed by atoms with Crippen molar-refractivity contribution in [3.8, 4) is 11.3 Å². The molecule has 1 atom stereocenters. The highest BCUT2D eigenvalue weighted by molar-refractivity contribution is 5.77. The first-order valence-corrected chi connectivity index (χ1v) is 6.07. The average molecular weight is 257 g/mol. The van der Waals surface area contributed by atoms with Crippen molar-refractivity contribution in [2.75, 3.05) is 5.32 Å². The SMILES string of the molecule is CCC(Nc1cc(-c2ccccc2)ncn1)C(=O)O. The Kier molecular flexibility index (Phi) is 4.07. The highest BCUT2D eigenvalue weighted by Crippen LogP contribution is 2.18. The molecule has 1 unspecified atom stereocenters. The molecule has 0 fully saturated rings. The van der Waals surface area contributed by atoms with Crippen molar-refractivity contribution in [3.05, 3.63) is 42.7 Å². The molecule has 19 heavy (non-hydrogen) atoms. The second-order valence-electron chi connectivity index (χ2n) is 4.10. The lowest BCUT2D eigenvalue weighted by atomic mass is 10.1. The van der Waals surface area contributed by atoms with Crippen LogP contribution in [0.15, 0.2) is 42.7 Å². The van der Waals surface area contributed by atoms with Crippen molar-refractivity contribution >= 4 is 11.8 Å². The van der Waals surface area contributed by atoms with E-state index in [1.807, 2.05) is 37.3 Å². The Morgan fingerprint density at radius 3 is 2.68 bits per heavy atom. The highest BCUT2D eigenvalue weighted by atomic mass is 16.4. The molecule has 2 rings (SSSR count). The maximum Gasteiger partial charge on any atom is 0.326 e. The molecule has 0 radical (unpaired) electrons. The number of nitrogens with zero attached hydrogens (tertiary/aromatic N) is 2. The number of nitrogens with one attached hydrogen (secondary N) is 1. The van der Waals surface area contributed by atoms with Crippen LogP contribution in [0, 0.1) is 0 Å². The number of carbonyl (C=O) groups is 1. The van der Waals surface area contributed by atoms with Crippen LogP contribution in [0.2, 0.25) is 0 Å². The van der Waals surface area contributed by atoms with Crippen molar-refractivity contribution in [1.82, 2.24) is 9.97 Å². The van der Waals surface area contributed by atoms with E-state index in [9.17, 15) is 4.79 Å². The minimum atomic E-state index is -0.887. The van der Waals surface area contributed by atoms with Gasteiger partial charge in [-0.25, -0.2) is 14.8 Å². The molecule has 0 amide bonds. The second kappa shape index (κ2) is 5.95. The van der Waals surface area contributed by atoms with Crippen LogP contribution in [0.3, 0.4) is 0 Å². The van der Waals surface area contributed by atoms with E-state index in [-0.39, 0.29) is 0 Å². The lowest BCUT2D eigenvalue weighted by Crippen LogP contribution is -2.28. The van der Waals surface area contributed by atoms with Crippen LogP contribution in [-0.4, -0.2) is 27.1 Å². The first-order valence-electron chi connectivity index (χ1n) is 6.07. The van der Waals surface area contributed by atoms with Gasteiger partial charge in [0.15, 0.2) is 0 Å². The molecule has 1 aromatic carbocycles. The third-order valence-corrected chi connectivity index (χ3v) is 2.77. The summed E-state index contributed by atoms with van der Waals surface area (Å²) in [6.45, 7) is 1.81. The average Bonchev–Trinajstić information content (AvgIpc) is 2.45. The van der Waals surface area contributed by atoms with E-state index < -0.39 is 12.0 Å². The minimum Gasteiger partial charge on any atom is -0.480 e. The van der Waals surface area contributed by atoms with Crippen molar-refractivity contribution in [1.29, 1.82) is 0 Å². The fourth-order valence-corrected chi connectivity index (χ4v) is 1.72. The predicted octanol–water partition coefficient (Wildman–Crippen LogP) is 2.42. The number of hydrogen-bond acceptors (Lipinski definition) is 4. The molecule has 0 spiro atoms. The van der Waals surface area contributed by atoms with E-state index in [0.29, 0.717) is 12.2 Å². The maximum atomic E-state index is 11.0. The summed E-state index contributed by atoms with van der Waals surface area (Å²) in [6, 6.07) is 10.8. The Balaban J connectivity index is 2.23. The van der Waals surface area contributed by atoms with Crippen LogP contribution < -0.4 is 5.32 Å². The summed E-state index contributed by atoms with van der Waals surface area (Å²) in [6.07, 6.45) is 1.92. The number of aliphatic carboxylic acids is 1. The summed E-state index contributed by atoms with van der Waals surface area (Å²) < 4.78 is 0. The molecule has 0 aliphatic rings. The third-order valence-electron chi connectivity index (χ3n) is 2.77. The van der Waals surface area contributed by atoms with E-state index >= 15 is 0 Å². The van der Waals surface area contributed by atoms with Gasteiger partial charge in [0, 0.05) is 11.6 Å². The van der Waals surface area contributed by atoms with Gasteiger partial charge in [-0.05, 0) is 6.42 Å². The molecule has 0 aliphatic heterocycles. The van der Waals surface area contributed by atoms with Crippen LogP contribution in [0.4, 0.5) is 5.82 Å². The van der Waals surface area contributed by atoms with Gasteiger partial charge in [0.1, 0.15) is 18.2 Å². The van der Waals surface area contributed by atoms with Crippen molar-refractivity contribution in [2.45, 2.75) is 19.4 Å². The van der Waals surface area contributed by atoms with Crippen molar-refractivity contribution < 1.29 is 9.90 Å². The second-order valence-corrected chi connectivity index (χ2v) is 4.10. The van der Waals surface area contributed by atoms with Crippen LogP contribution in [0.5, 0.6) is 0 Å². The Labute approximate surface area is 111 Å². The van der Waals surface area contributed by atoms with E-state index in [2.05, 4.69) is 15.3 Å². The molecule has 2 N–H and O–H groups in total. The molecule has 1 heterocycles. The number of benzene rings is 1. The van der Waals surface area contributed by atoms with Gasteiger partial charge in [0.05, 0.1) is 5.69 Å². The lowest BCUT2D eigenvalue weighted by molar-refractivity contribution is -0.137. The molecule has 0 saturated heterocycles. The fourth-order valence-electron chi connectivity index (χ4n) is 1.72. The largest absolute Gasteiger partial charge is 0.480 e. The molecular weight excluding hydrogens is 242 g/mol. The van der Waals surface area contributed by atoms with Gasteiger partial charge < -0.3 is 10.4 Å². The quantitative estimate of drug-likeness (QED) is 0.860. The van der Waals surface area contributed by atoms with Crippen molar-refractivity contribution in [3.63, 3.8) is 0 Å². The molecule has 1 aromatic heterocycles. The molecule has 98 valence electrons. The Morgan fingerprint density at radius 2 is 2.05 bits per heavy atom. The predicted molar refractivity (Wildman–Crippen MR) is 72.8 cm³/mol. The number of rotatable bonds is 5. The Bertz CT molecular complexity index is 558. The van der Waals surface area contributed by atoms with Gasteiger partial charge in [0.25, 0.3) is 0 Å². The van der Waals surface area contributed by atoms with Crippen LogP contribution in [-0.2, 0) is 4.79 Å². The molecule has 5 nitrogen and oxygen atoms in total. The zero-order valence-electron chi connectivity index (χ0n) is 10.6. The molecule has 2 aromatic rings. The van der Waals surface area contributed by atoms with Crippen molar-refractivity contribution in [2.24, 2.45) is 0 Å². The normalized spacial score (nSPS) is 11.8. The van der Waals surface area contributed by atoms with Crippen LogP contribution >= 0.6 is 0 Å². The summed E-state index contributed by atoms with van der Waals surface area (Å²) in [5, 5.41) is 11.9. The van der Waals surface area contributed by atoms with Gasteiger partial charge in [-0.2, -0.15) is 0 Å². The number of carboxylic acid groups (broad SMARTS) is 1. The van der Waals surface area contributed by atoms with Gasteiger partial charge in [-0.15, -0.1) is 0 Å². The zero-order chi connectivity index (χ0) is 13.7. The van der Waals surface area contributed by atoms with E-state index in [1.165, 1.54) is 6.33 Å². The molecule has 0 aliphatic carbocycles. The van der Waals surface area contributed by atoms with E-state index in [4.69, 9.17) is 5.11 Å². The molecule has 0 bridgehead atoms. The van der Waals surface area contributed by atoms with Crippen LogP contribution in [0.1, 0.15) is 13.3 Å². The minimum absolute atomic E-state index is 0.486.